The fourth-order valence-electron chi connectivity index (χ4n) is 4.01. The van der Waals surface area contributed by atoms with Crippen LogP contribution in [0.15, 0.2) is 40.0 Å². The molecule has 0 radical (unpaired) electrons. The van der Waals surface area contributed by atoms with E-state index in [9.17, 15) is 13.2 Å². The van der Waals surface area contributed by atoms with Crippen molar-refractivity contribution < 1.29 is 17.7 Å². The van der Waals surface area contributed by atoms with Crippen molar-refractivity contribution in [2.24, 2.45) is 5.92 Å². The second-order valence-electron chi connectivity index (χ2n) is 8.54. The number of nitrogens with one attached hydrogen (secondary N) is 1. The Bertz CT molecular complexity index is 1250. The molecule has 2 fully saturated rings. The van der Waals surface area contributed by atoms with Crippen LogP contribution < -0.4 is 5.32 Å². The van der Waals surface area contributed by atoms with Gasteiger partial charge >= 0.3 is 0 Å². The maximum atomic E-state index is 13.5. The molecule has 9 nitrogen and oxygen atoms in total. The summed E-state index contributed by atoms with van der Waals surface area (Å²) >= 11 is 1.34. The van der Waals surface area contributed by atoms with Crippen molar-refractivity contribution >= 4 is 27.3 Å². The molecular formula is C22H25N5O4S2. The number of hydrogen-bond acceptors (Lipinski definition) is 8. The second kappa shape index (κ2) is 8.96. The molecule has 4 heterocycles. The van der Waals surface area contributed by atoms with Gasteiger partial charge in [-0.3, -0.25) is 9.78 Å². The Kier molecular flexibility index (Phi) is 6.02. The van der Waals surface area contributed by atoms with Gasteiger partial charge in [-0.1, -0.05) is 11.2 Å². The predicted molar refractivity (Wildman–Crippen MR) is 122 cm³/mol. The summed E-state index contributed by atoms with van der Waals surface area (Å²) in [7, 11) is -3.74. The molecule has 1 amide bonds. The molecule has 3 aromatic rings. The lowest BCUT2D eigenvalue weighted by Crippen LogP contribution is -2.45. The van der Waals surface area contributed by atoms with Gasteiger partial charge in [0.25, 0.3) is 0 Å². The number of thiophene rings is 1. The first-order valence-electron chi connectivity index (χ1n) is 11.0. The predicted octanol–water partition coefficient (Wildman–Crippen LogP) is 3.10. The Morgan fingerprint density at radius 2 is 2.18 bits per heavy atom. The van der Waals surface area contributed by atoms with Gasteiger partial charge in [0.05, 0.1) is 15.7 Å². The first-order chi connectivity index (χ1) is 15.9. The summed E-state index contributed by atoms with van der Waals surface area (Å²) in [6, 6.07) is 5.33. The van der Waals surface area contributed by atoms with Crippen LogP contribution in [0.2, 0.25) is 0 Å². The molecule has 0 spiro atoms. The zero-order valence-corrected chi connectivity index (χ0v) is 19.9. The maximum Gasteiger partial charge on any atom is 0.244 e. The van der Waals surface area contributed by atoms with Gasteiger partial charge in [-0.15, -0.1) is 11.3 Å². The van der Waals surface area contributed by atoms with E-state index in [0.717, 1.165) is 18.4 Å². The third-order valence-electron chi connectivity index (χ3n) is 6.02. The minimum atomic E-state index is -3.74. The molecule has 0 aromatic carbocycles. The number of sulfonamides is 1. The van der Waals surface area contributed by atoms with E-state index in [-0.39, 0.29) is 23.3 Å². The van der Waals surface area contributed by atoms with Crippen LogP contribution in [0.1, 0.15) is 47.9 Å². The van der Waals surface area contributed by atoms with E-state index >= 15 is 0 Å². The third kappa shape index (κ3) is 4.71. The standard InChI is InChI=1S/C22H25N5O4S2/c1-14-19(10-18(32-14)20-25-22(31-26-20)16-6-7-16)33(29,30)27-9-3-5-17(13-27)21(28)24-12-15-4-2-8-23-11-15/h2,4,8,10-11,16-17H,3,5-7,9,12-13H2,1H3,(H,24,28)/t17-/m1/s1. The van der Waals surface area contributed by atoms with Gasteiger partial charge in [0.15, 0.2) is 0 Å². The van der Waals surface area contributed by atoms with Crippen LogP contribution >= 0.6 is 11.3 Å². The molecule has 3 aromatic heterocycles. The van der Waals surface area contributed by atoms with Crippen LogP contribution in [0.25, 0.3) is 10.7 Å². The summed E-state index contributed by atoms with van der Waals surface area (Å²) in [6.07, 6.45) is 6.78. The number of aromatic nitrogens is 3. The summed E-state index contributed by atoms with van der Waals surface area (Å²) in [5.74, 6) is 0.863. The molecule has 1 aliphatic carbocycles. The van der Waals surface area contributed by atoms with Gasteiger partial charge in [-0.2, -0.15) is 9.29 Å². The van der Waals surface area contributed by atoms with Gasteiger partial charge in [-0.25, -0.2) is 8.42 Å². The van der Waals surface area contributed by atoms with Gasteiger partial charge in [-0.05, 0) is 50.3 Å². The number of carbonyl (C=O) groups excluding carboxylic acids is 1. The number of carbonyl (C=O) groups is 1. The van der Waals surface area contributed by atoms with Gasteiger partial charge < -0.3 is 9.84 Å². The van der Waals surface area contributed by atoms with Crippen LogP contribution in [0.4, 0.5) is 0 Å². The van der Waals surface area contributed by atoms with Crippen LogP contribution in [0.5, 0.6) is 0 Å². The summed E-state index contributed by atoms with van der Waals surface area (Å²) in [4.78, 5) is 22.8. The zero-order valence-electron chi connectivity index (χ0n) is 18.2. The molecular weight excluding hydrogens is 462 g/mol. The Hall–Kier alpha value is -2.63. The van der Waals surface area contributed by atoms with Crippen LogP contribution in [-0.4, -0.2) is 46.8 Å². The van der Waals surface area contributed by atoms with E-state index in [1.807, 2.05) is 12.1 Å². The van der Waals surface area contributed by atoms with Crippen LogP contribution in [0, 0.1) is 12.8 Å². The Morgan fingerprint density at radius 3 is 2.94 bits per heavy atom. The van der Waals surface area contributed by atoms with Crippen molar-refractivity contribution in [3.8, 4) is 10.7 Å². The minimum absolute atomic E-state index is 0.138. The highest BCUT2D eigenvalue weighted by molar-refractivity contribution is 7.89. The minimum Gasteiger partial charge on any atom is -0.352 e. The smallest absolute Gasteiger partial charge is 0.244 e. The van der Waals surface area contributed by atoms with E-state index in [2.05, 4.69) is 20.4 Å². The first kappa shape index (κ1) is 22.2. The van der Waals surface area contributed by atoms with Crippen LogP contribution in [0.3, 0.4) is 0 Å². The summed E-state index contributed by atoms with van der Waals surface area (Å²) in [5, 5.41) is 6.94. The fourth-order valence-corrected chi connectivity index (χ4v) is 7.02. The lowest BCUT2D eigenvalue weighted by molar-refractivity contribution is -0.126. The topological polar surface area (TPSA) is 118 Å². The number of piperidine rings is 1. The van der Waals surface area contributed by atoms with Crippen LogP contribution in [-0.2, 0) is 21.4 Å². The van der Waals surface area contributed by atoms with Gasteiger partial charge in [0, 0.05) is 42.8 Å². The molecule has 5 rings (SSSR count). The summed E-state index contributed by atoms with van der Waals surface area (Å²) in [6.45, 7) is 2.72. The van der Waals surface area contributed by atoms with Crippen molar-refractivity contribution in [2.75, 3.05) is 13.1 Å². The molecule has 1 aliphatic heterocycles. The molecule has 11 heteroatoms. The van der Waals surface area contributed by atoms with Crippen molar-refractivity contribution in [3.05, 3.63) is 46.9 Å². The van der Waals surface area contributed by atoms with E-state index in [1.165, 1.54) is 15.6 Å². The second-order valence-corrected chi connectivity index (χ2v) is 11.7. The third-order valence-corrected chi connectivity index (χ3v) is 9.19. The largest absolute Gasteiger partial charge is 0.352 e. The highest BCUT2D eigenvalue weighted by Crippen LogP contribution is 2.41. The molecule has 2 aliphatic rings. The number of rotatable bonds is 7. The molecule has 1 atom stereocenters. The molecule has 0 bridgehead atoms. The number of aryl methyl sites for hydroxylation is 1. The Balaban J connectivity index is 1.28. The molecule has 0 unspecified atom stereocenters. The maximum absolute atomic E-state index is 13.5. The molecule has 33 heavy (non-hydrogen) atoms. The van der Waals surface area contributed by atoms with E-state index in [4.69, 9.17) is 4.52 Å². The Morgan fingerprint density at radius 1 is 1.33 bits per heavy atom. The highest BCUT2D eigenvalue weighted by Gasteiger charge is 2.35. The number of nitrogens with zero attached hydrogens (tertiary/aromatic N) is 4. The van der Waals surface area contributed by atoms with E-state index in [0.29, 0.717) is 53.3 Å². The summed E-state index contributed by atoms with van der Waals surface area (Å²) in [5.41, 5.74) is 0.902. The lowest BCUT2D eigenvalue weighted by atomic mass is 9.99. The number of amides is 1. The normalized spacial score (nSPS) is 19.5. The van der Waals surface area contributed by atoms with Gasteiger partial charge in [0.2, 0.25) is 27.6 Å². The lowest BCUT2D eigenvalue weighted by Gasteiger charge is -2.31. The zero-order chi connectivity index (χ0) is 23.0. The highest BCUT2D eigenvalue weighted by atomic mass is 32.2. The fraction of sp³-hybridized carbons (Fsp3) is 0.455. The van der Waals surface area contributed by atoms with Crippen molar-refractivity contribution in [1.82, 2.24) is 24.7 Å². The first-order valence-corrected chi connectivity index (χ1v) is 13.3. The van der Waals surface area contributed by atoms with Gasteiger partial charge in [0.1, 0.15) is 0 Å². The quantitative estimate of drug-likeness (QED) is 0.544. The average Bonchev–Trinajstić information content (AvgIpc) is 3.42. The van der Waals surface area contributed by atoms with E-state index < -0.39 is 10.0 Å². The average molecular weight is 488 g/mol. The van der Waals surface area contributed by atoms with Crippen molar-refractivity contribution in [2.45, 2.75) is 50.0 Å². The SMILES string of the molecule is Cc1sc(-c2noc(C3CC3)n2)cc1S(=O)(=O)N1CCC[C@@H](C(=O)NCc2cccnc2)C1. The molecule has 1 N–H and O–H groups in total. The van der Waals surface area contributed by atoms with Crippen molar-refractivity contribution in [3.63, 3.8) is 0 Å². The van der Waals surface area contributed by atoms with E-state index in [1.54, 1.807) is 25.4 Å². The molecule has 1 saturated heterocycles. The Labute approximate surface area is 196 Å². The monoisotopic (exact) mass is 487 g/mol. The molecule has 174 valence electrons. The van der Waals surface area contributed by atoms with Crippen molar-refractivity contribution in [1.29, 1.82) is 0 Å². The summed E-state index contributed by atoms with van der Waals surface area (Å²) < 4.78 is 33.7. The molecule has 1 saturated carbocycles. The number of hydrogen-bond donors (Lipinski definition) is 1. The number of pyridine rings is 1.